The van der Waals surface area contributed by atoms with E-state index in [4.69, 9.17) is 11.6 Å². The monoisotopic (exact) mass is 389 g/mol. The first-order valence-corrected chi connectivity index (χ1v) is 10.1. The zero-order chi connectivity index (χ0) is 19.4. The number of Topliss-reactive ketones (excluding diaryl/α,β-unsaturated/α-hetero) is 2. The van der Waals surface area contributed by atoms with Crippen LogP contribution in [-0.2, 0) is 10.1 Å². The fraction of sp³-hybridized carbons (Fsp3) is 0.529. The van der Waals surface area contributed by atoms with E-state index in [0.717, 1.165) is 6.92 Å². The van der Waals surface area contributed by atoms with Crippen LogP contribution >= 0.6 is 11.6 Å². The number of ketones is 2. The van der Waals surface area contributed by atoms with E-state index in [2.05, 4.69) is 20.8 Å². The van der Waals surface area contributed by atoms with Crippen molar-refractivity contribution in [3.63, 3.8) is 0 Å². The number of nitrogens with one attached hydrogen (secondary N) is 1. The molecule has 1 unspecified atom stereocenters. The fourth-order valence-electron chi connectivity index (χ4n) is 2.69. The SMILES string of the molecule is CC(C1(Cl)C(=O)c2ccccc2C1=O)S(=O)(=O)[O-].CC[NH+](CC)CC. The van der Waals surface area contributed by atoms with Gasteiger partial charge in [-0.15, -0.1) is 11.6 Å². The zero-order valence-electron chi connectivity index (χ0n) is 14.8. The van der Waals surface area contributed by atoms with Gasteiger partial charge in [0, 0.05) is 11.1 Å². The normalized spacial score (nSPS) is 17.1. The van der Waals surface area contributed by atoms with Crippen molar-refractivity contribution in [2.45, 2.75) is 37.8 Å². The Balaban J connectivity index is 0.000000381. The Morgan fingerprint density at radius 2 is 1.40 bits per heavy atom. The Kier molecular flexibility index (Phi) is 7.31. The van der Waals surface area contributed by atoms with Crippen LogP contribution in [-0.4, -0.2) is 54.3 Å². The van der Waals surface area contributed by atoms with Gasteiger partial charge in [-0.3, -0.25) is 9.59 Å². The number of hydrogen-bond donors (Lipinski definition) is 1. The molecule has 0 heterocycles. The first-order chi connectivity index (χ1) is 11.5. The van der Waals surface area contributed by atoms with E-state index in [1.54, 1.807) is 4.90 Å². The van der Waals surface area contributed by atoms with Crippen LogP contribution in [0.25, 0.3) is 0 Å². The molecule has 1 aliphatic rings. The van der Waals surface area contributed by atoms with E-state index >= 15 is 0 Å². The summed E-state index contributed by atoms with van der Waals surface area (Å²) < 4.78 is 33.1. The molecule has 0 aliphatic heterocycles. The van der Waals surface area contributed by atoms with E-state index in [1.807, 2.05) is 0 Å². The van der Waals surface area contributed by atoms with Crippen molar-refractivity contribution in [3.05, 3.63) is 35.4 Å². The number of carbonyl (C=O) groups is 2. The van der Waals surface area contributed by atoms with Gasteiger partial charge in [0.1, 0.15) is 0 Å². The van der Waals surface area contributed by atoms with Gasteiger partial charge in [0.25, 0.3) is 0 Å². The van der Waals surface area contributed by atoms with Crippen LogP contribution < -0.4 is 4.90 Å². The van der Waals surface area contributed by atoms with Gasteiger partial charge >= 0.3 is 0 Å². The number of alkyl halides is 1. The van der Waals surface area contributed by atoms with Crippen molar-refractivity contribution < 1.29 is 27.5 Å². The lowest BCUT2D eigenvalue weighted by Crippen LogP contribution is -3.11. The molecule has 0 fully saturated rings. The van der Waals surface area contributed by atoms with E-state index in [0.29, 0.717) is 0 Å². The Hall–Kier alpha value is -1.28. The Morgan fingerprint density at radius 1 is 1.04 bits per heavy atom. The summed E-state index contributed by atoms with van der Waals surface area (Å²) in [6.45, 7) is 11.5. The van der Waals surface area contributed by atoms with Gasteiger partial charge in [-0.05, 0) is 27.7 Å². The van der Waals surface area contributed by atoms with Gasteiger partial charge in [0.2, 0.25) is 0 Å². The molecule has 8 heteroatoms. The summed E-state index contributed by atoms with van der Waals surface area (Å²) in [7, 11) is -4.85. The highest BCUT2D eigenvalue weighted by Gasteiger charge is 2.57. The van der Waals surface area contributed by atoms with Gasteiger partial charge in [-0.2, -0.15) is 0 Å². The smallest absolute Gasteiger partial charge is 0.193 e. The minimum atomic E-state index is -4.85. The number of benzene rings is 1. The summed E-state index contributed by atoms with van der Waals surface area (Å²) in [5, 5.41) is -1.82. The van der Waals surface area contributed by atoms with Gasteiger partial charge in [0.15, 0.2) is 16.4 Å². The first kappa shape index (κ1) is 21.8. The number of halogens is 1. The van der Waals surface area contributed by atoms with E-state index in [9.17, 15) is 22.6 Å². The molecule has 1 aliphatic carbocycles. The zero-order valence-corrected chi connectivity index (χ0v) is 16.4. The maximum atomic E-state index is 12.1. The molecule has 1 N–H and O–H groups in total. The molecule has 0 bridgehead atoms. The number of hydrogen-bond acceptors (Lipinski definition) is 5. The fourth-order valence-corrected chi connectivity index (χ4v) is 3.84. The predicted molar refractivity (Wildman–Crippen MR) is 95.4 cm³/mol. The molecule has 1 atom stereocenters. The second-order valence-corrected chi connectivity index (χ2v) is 8.15. The summed E-state index contributed by atoms with van der Waals surface area (Å²) >= 11 is 5.89. The van der Waals surface area contributed by atoms with Crippen LogP contribution in [0.3, 0.4) is 0 Å². The molecule has 1 aromatic carbocycles. The van der Waals surface area contributed by atoms with Gasteiger partial charge in [-0.25, -0.2) is 8.42 Å². The standard InChI is InChI=1S/C11H9ClO5S.C6H15N/c1-6(18(15,16)17)11(12)9(13)7-4-2-3-5-8(7)10(11)14;1-4-7(5-2)6-3/h2-6H,1H3,(H,15,16,17);4-6H2,1-3H3. The van der Waals surface area contributed by atoms with Gasteiger partial charge in [0.05, 0.1) is 35.0 Å². The number of rotatable bonds is 5. The lowest BCUT2D eigenvalue weighted by atomic mass is 9.99. The molecule has 1 aromatic rings. The van der Waals surface area contributed by atoms with Crippen molar-refractivity contribution in [1.29, 1.82) is 0 Å². The highest BCUT2D eigenvalue weighted by molar-refractivity contribution is 7.86. The molecule has 0 amide bonds. The van der Waals surface area contributed by atoms with Crippen LogP contribution in [0.15, 0.2) is 24.3 Å². The summed E-state index contributed by atoms with van der Waals surface area (Å²) in [5.74, 6) is -1.67. The lowest BCUT2D eigenvalue weighted by molar-refractivity contribution is -0.894. The number of carbonyl (C=O) groups excluding carboxylic acids is 2. The van der Waals surface area contributed by atoms with Crippen molar-refractivity contribution >= 4 is 33.3 Å². The number of quaternary nitrogens is 1. The maximum absolute atomic E-state index is 12.1. The average molecular weight is 390 g/mol. The van der Waals surface area contributed by atoms with Crippen molar-refractivity contribution in [1.82, 2.24) is 0 Å². The second-order valence-electron chi connectivity index (χ2n) is 5.86. The molecule has 25 heavy (non-hydrogen) atoms. The van der Waals surface area contributed by atoms with E-state index < -0.39 is 31.8 Å². The number of fused-ring (bicyclic) bond motifs is 1. The third kappa shape index (κ3) is 4.28. The molecule has 2 rings (SSSR count). The lowest BCUT2D eigenvalue weighted by Gasteiger charge is -2.27. The summed E-state index contributed by atoms with van der Waals surface area (Å²) in [5.41, 5.74) is 0.0981. The van der Waals surface area contributed by atoms with Gasteiger partial charge in [-0.1, -0.05) is 24.3 Å². The first-order valence-electron chi connectivity index (χ1n) is 8.21. The molecule has 6 nitrogen and oxygen atoms in total. The summed E-state index contributed by atoms with van der Waals surface area (Å²) in [6, 6.07) is 5.82. The van der Waals surface area contributed by atoms with Crippen LogP contribution in [0, 0.1) is 0 Å². The summed E-state index contributed by atoms with van der Waals surface area (Å²) in [6.07, 6.45) is 0. The van der Waals surface area contributed by atoms with Crippen molar-refractivity contribution in [2.75, 3.05) is 19.6 Å². The quantitative estimate of drug-likeness (QED) is 0.458. The molecule has 0 spiro atoms. The Bertz CT molecular complexity index is 703. The maximum Gasteiger partial charge on any atom is 0.193 e. The average Bonchev–Trinajstić information content (AvgIpc) is 2.78. The Labute approximate surface area is 153 Å². The van der Waals surface area contributed by atoms with Crippen LogP contribution in [0.2, 0.25) is 0 Å². The molecule has 0 saturated carbocycles. The highest BCUT2D eigenvalue weighted by atomic mass is 35.5. The van der Waals surface area contributed by atoms with Crippen LogP contribution in [0.4, 0.5) is 0 Å². The molecular formula is C17H24ClNO5S. The molecule has 0 aromatic heterocycles. The van der Waals surface area contributed by atoms with Crippen LogP contribution in [0.5, 0.6) is 0 Å². The minimum absolute atomic E-state index is 0.0491. The molecular weight excluding hydrogens is 366 g/mol. The third-order valence-corrected chi connectivity index (χ3v) is 6.59. The van der Waals surface area contributed by atoms with Crippen molar-refractivity contribution in [3.8, 4) is 0 Å². The molecule has 0 radical (unpaired) electrons. The predicted octanol–water partition coefficient (Wildman–Crippen LogP) is 0.908. The molecule has 140 valence electrons. The second kappa shape index (κ2) is 8.40. The third-order valence-electron chi connectivity index (χ3n) is 4.57. The topological polar surface area (TPSA) is 95.8 Å². The van der Waals surface area contributed by atoms with Crippen molar-refractivity contribution in [2.24, 2.45) is 0 Å². The largest absolute Gasteiger partial charge is 0.748 e. The molecule has 0 saturated heterocycles. The summed E-state index contributed by atoms with van der Waals surface area (Å²) in [4.78, 5) is 23.5. The minimum Gasteiger partial charge on any atom is -0.748 e. The van der Waals surface area contributed by atoms with Crippen LogP contribution in [0.1, 0.15) is 48.4 Å². The highest BCUT2D eigenvalue weighted by Crippen LogP contribution is 2.39. The van der Waals surface area contributed by atoms with Gasteiger partial charge < -0.3 is 9.45 Å². The van der Waals surface area contributed by atoms with E-state index in [-0.39, 0.29) is 11.1 Å². The Morgan fingerprint density at radius 3 is 1.64 bits per heavy atom. The van der Waals surface area contributed by atoms with E-state index in [1.165, 1.54) is 43.9 Å².